The van der Waals surface area contributed by atoms with Crippen LogP contribution < -0.4 is 30.2 Å². The molecule has 0 bridgehead atoms. The second-order valence-corrected chi connectivity index (χ2v) is 8.38. The van der Waals surface area contributed by atoms with Crippen molar-refractivity contribution in [1.29, 1.82) is 0 Å². The number of amides is 2. The molecule has 0 aromatic heterocycles. The van der Waals surface area contributed by atoms with Gasteiger partial charge in [0.2, 0.25) is 11.8 Å². The number of thioether (sulfide) groups is 1. The minimum absolute atomic E-state index is 0.0704. The Bertz CT molecular complexity index is 954. The SMILES string of the molecule is COc1cccc(CSC2NC(=O)CC(CC(=O)Nc3ccc4c(c3)OCCO4)N2)c1. The van der Waals surface area contributed by atoms with Crippen LogP contribution in [0.15, 0.2) is 42.5 Å². The van der Waals surface area contributed by atoms with Crippen LogP contribution in [0.1, 0.15) is 18.4 Å². The highest BCUT2D eigenvalue weighted by molar-refractivity contribution is 7.99. The van der Waals surface area contributed by atoms with Crippen LogP contribution in [0.5, 0.6) is 17.2 Å². The number of benzene rings is 2. The summed E-state index contributed by atoms with van der Waals surface area (Å²) in [5, 5.41) is 9.14. The van der Waals surface area contributed by atoms with Gasteiger partial charge >= 0.3 is 0 Å². The van der Waals surface area contributed by atoms with Gasteiger partial charge in [-0.2, -0.15) is 0 Å². The maximum Gasteiger partial charge on any atom is 0.225 e. The lowest BCUT2D eigenvalue weighted by molar-refractivity contribution is -0.124. The molecule has 1 fully saturated rings. The molecule has 2 aliphatic rings. The van der Waals surface area contributed by atoms with Gasteiger partial charge in [0.25, 0.3) is 0 Å². The maximum atomic E-state index is 12.5. The molecule has 2 amide bonds. The van der Waals surface area contributed by atoms with Crippen molar-refractivity contribution in [2.75, 3.05) is 25.6 Å². The molecule has 31 heavy (non-hydrogen) atoms. The first kappa shape index (κ1) is 21.3. The van der Waals surface area contributed by atoms with Crippen LogP contribution in [-0.4, -0.2) is 43.7 Å². The lowest BCUT2D eigenvalue weighted by atomic mass is 10.1. The van der Waals surface area contributed by atoms with E-state index in [1.807, 2.05) is 24.3 Å². The van der Waals surface area contributed by atoms with Crippen molar-refractivity contribution in [3.8, 4) is 17.2 Å². The van der Waals surface area contributed by atoms with Crippen molar-refractivity contribution < 1.29 is 23.8 Å². The third-order valence-electron chi connectivity index (χ3n) is 4.92. The van der Waals surface area contributed by atoms with Crippen LogP contribution in [0, 0.1) is 0 Å². The molecule has 0 radical (unpaired) electrons. The Balaban J connectivity index is 1.29. The Labute approximate surface area is 185 Å². The molecule has 2 unspecified atom stereocenters. The largest absolute Gasteiger partial charge is 0.497 e. The topological polar surface area (TPSA) is 97.9 Å². The van der Waals surface area contributed by atoms with Gasteiger partial charge in [-0.3, -0.25) is 14.9 Å². The molecule has 9 heteroatoms. The number of methoxy groups -OCH3 is 1. The summed E-state index contributed by atoms with van der Waals surface area (Å²) >= 11 is 1.56. The van der Waals surface area contributed by atoms with E-state index in [-0.39, 0.29) is 36.2 Å². The van der Waals surface area contributed by atoms with Crippen molar-refractivity contribution in [2.45, 2.75) is 30.1 Å². The maximum absolute atomic E-state index is 12.5. The fourth-order valence-electron chi connectivity index (χ4n) is 3.46. The number of rotatable bonds is 7. The highest BCUT2D eigenvalue weighted by Crippen LogP contribution is 2.32. The standard InChI is InChI=1S/C22H25N3O5S/c1-28-17-4-2-3-14(9-17)13-31-22-24-16(12-21(27)25-22)11-20(26)23-15-5-6-18-19(10-15)30-8-7-29-18/h2-6,9-10,16,22,24H,7-8,11-13H2,1H3,(H,23,26)(H,25,27). The number of hydrogen-bond acceptors (Lipinski definition) is 7. The Hall–Kier alpha value is -2.91. The molecular weight excluding hydrogens is 418 g/mol. The fraction of sp³-hybridized carbons (Fsp3) is 0.364. The van der Waals surface area contributed by atoms with Crippen molar-refractivity contribution in [3.05, 3.63) is 48.0 Å². The smallest absolute Gasteiger partial charge is 0.225 e. The molecule has 2 aromatic rings. The highest BCUT2D eigenvalue weighted by Gasteiger charge is 2.27. The lowest BCUT2D eigenvalue weighted by Crippen LogP contribution is -2.55. The first-order chi connectivity index (χ1) is 15.1. The number of hydrogen-bond donors (Lipinski definition) is 3. The molecule has 1 saturated heterocycles. The Morgan fingerprint density at radius 2 is 2.03 bits per heavy atom. The second kappa shape index (κ2) is 9.93. The van der Waals surface area contributed by atoms with Gasteiger partial charge in [-0.15, -0.1) is 11.8 Å². The summed E-state index contributed by atoms with van der Waals surface area (Å²) in [5.74, 6) is 2.55. The molecule has 164 valence electrons. The summed E-state index contributed by atoms with van der Waals surface area (Å²) in [6.07, 6.45) is 0.447. The first-order valence-electron chi connectivity index (χ1n) is 10.1. The second-order valence-electron chi connectivity index (χ2n) is 7.29. The van der Waals surface area contributed by atoms with Crippen molar-refractivity contribution >= 4 is 29.3 Å². The molecule has 2 atom stereocenters. The number of carbonyl (C=O) groups is 2. The predicted molar refractivity (Wildman–Crippen MR) is 118 cm³/mol. The quantitative estimate of drug-likeness (QED) is 0.605. The average Bonchev–Trinajstić information content (AvgIpc) is 2.77. The summed E-state index contributed by atoms with van der Waals surface area (Å²) in [5.41, 5.74) is 1.47. The van der Waals surface area contributed by atoms with Gasteiger partial charge in [-0.1, -0.05) is 12.1 Å². The molecule has 0 aliphatic carbocycles. The summed E-state index contributed by atoms with van der Waals surface area (Å²) in [6, 6.07) is 12.9. The number of ether oxygens (including phenoxy) is 3. The minimum Gasteiger partial charge on any atom is -0.497 e. The molecule has 4 rings (SSSR count). The molecule has 0 saturated carbocycles. The van der Waals surface area contributed by atoms with Crippen LogP contribution in [-0.2, 0) is 15.3 Å². The highest BCUT2D eigenvalue weighted by atomic mass is 32.2. The van der Waals surface area contributed by atoms with E-state index in [1.165, 1.54) is 0 Å². The third kappa shape index (κ3) is 5.83. The van der Waals surface area contributed by atoms with Crippen LogP contribution in [0.4, 0.5) is 5.69 Å². The molecule has 0 spiro atoms. The molecule has 2 aromatic carbocycles. The number of anilines is 1. The van der Waals surface area contributed by atoms with E-state index in [9.17, 15) is 9.59 Å². The summed E-state index contributed by atoms with van der Waals surface area (Å²) in [7, 11) is 1.63. The average molecular weight is 444 g/mol. The van der Waals surface area contributed by atoms with E-state index in [1.54, 1.807) is 37.1 Å². The predicted octanol–water partition coefficient (Wildman–Crippen LogP) is 2.49. The zero-order valence-corrected chi connectivity index (χ0v) is 18.0. The van der Waals surface area contributed by atoms with E-state index < -0.39 is 0 Å². The summed E-state index contributed by atoms with van der Waals surface area (Å²) < 4.78 is 16.3. The van der Waals surface area contributed by atoms with E-state index in [4.69, 9.17) is 14.2 Å². The lowest BCUT2D eigenvalue weighted by Gasteiger charge is -2.31. The van der Waals surface area contributed by atoms with Gasteiger partial charge in [0.1, 0.15) is 24.5 Å². The monoisotopic (exact) mass is 443 g/mol. The van der Waals surface area contributed by atoms with Crippen LogP contribution >= 0.6 is 11.8 Å². The van der Waals surface area contributed by atoms with Crippen molar-refractivity contribution in [3.63, 3.8) is 0 Å². The van der Waals surface area contributed by atoms with Gasteiger partial charge < -0.3 is 24.8 Å². The normalized spacial score (nSPS) is 20.0. The zero-order valence-electron chi connectivity index (χ0n) is 17.2. The van der Waals surface area contributed by atoms with Crippen molar-refractivity contribution in [2.24, 2.45) is 0 Å². The van der Waals surface area contributed by atoms with Crippen LogP contribution in [0.25, 0.3) is 0 Å². The third-order valence-corrected chi connectivity index (χ3v) is 6.01. The number of carbonyl (C=O) groups excluding carboxylic acids is 2. The van der Waals surface area contributed by atoms with E-state index in [2.05, 4.69) is 16.0 Å². The van der Waals surface area contributed by atoms with Gasteiger partial charge in [0, 0.05) is 36.4 Å². The minimum atomic E-state index is -0.264. The molecule has 8 nitrogen and oxygen atoms in total. The number of fused-ring (bicyclic) bond motifs is 1. The van der Waals surface area contributed by atoms with E-state index in [0.29, 0.717) is 36.2 Å². The molecule has 3 N–H and O–H groups in total. The molecular formula is C22H25N3O5S. The Kier molecular flexibility index (Phi) is 6.83. The fourth-order valence-corrected chi connectivity index (χ4v) is 4.51. The molecule has 2 heterocycles. The summed E-state index contributed by atoms with van der Waals surface area (Å²) in [6.45, 7) is 1.01. The van der Waals surface area contributed by atoms with Gasteiger partial charge in [-0.25, -0.2) is 0 Å². The van der Waals surface area contributed by atoms with Crippen LogP contribution in [0.2, 0.25) is 0 Å². The van der Waals surface area contributed by atoms with Crippen LogP contribution in [0.3, 0.4) is 0 Å². The Morgan fingerprint density at radius 3 is 2.87 bits per heavy atom. The molecule has 2 aliphatic heterocycles. The Morgan fingerprint density at radius 1 is 1.19 bits per heavy atom. The van der Waals surface area contributed by atoms with Gasteiger partial charge in [-0.05, 0) is 29.8 Å². The van der Waals surface area contributed by atoms with E-state index in [0.717, 1.165) is 11.3 Å². The van der Waals surface area contributed by atoms with Gasteiger partial charge in [0.05, 0.1) is 7.11 Å². The number of nitrogens with one attached hydrogen (secondary N) is 3. The summed E-state index contributed by atoms with van der Waals surface area (Å²) in [4.78, 5) is 24.7. The van der Waals surface area contributed by atoms with Gasteiger partial charge in [0.15, 0.2) is 11.5 Å². The van der Waals surface area contributed by atoms with Crippen molar-refractivity contribution in [1.82, 2.24) is 10.6 Å². The first-order valence-corrected chi connectivity index (χ1v) is 11.1. The van der Waals surface area contributed by atoms with E-state index >= 15 is 0 Å². The zero-order chi connectivity index (χ0) is 21.6.